The van der Waals surface area contributed by atoms with Crippen molar-refractivity contribution in [3.63, 3.8) is 0 Å². The fourth-order valence-corrected chi connectivity index (χ4v) is 2.24. The second-order valence-corrected chi connectivity index (χ2v) is 4.76. The van der Waals surface area contributed by atoms with Crippen molar-refractivity contribution in [1.29, 1.82) is 0 Å². The maximum Gasteiger partial charge on any atom is 0.257 e. The first-order chi connectivity index (χ1) is 9.29. The fraction of sp³-hybridized carbons (Fsp3) is 0.533. The predicted octanol–water partition coefficient (Wildman–Crippen LogP) is 1.92. The van der Waals surface area contributed by atoms with Gasteiger partial charge in [0, 0.05) is 20.1 Å². The minimum atomic E-state index is -0.122. The summed E-state index contributed by atoms with van der Waals surface area (Å²) < 4.78 is 11.3. The second kappa shape index (κ2) is 7.14. The zero-order valence-electron chi connectivity index (χ0n) is 11.4. The van der Waals surface area contributed by atoms with Crippen LogP contribution in [0.15, 0.2) is 24.3 Å². The third-order valence-electron chi connectivity index (χ3n) is 3.33. The Balaban J connectivity index is 1.96. The smallest absolute Gasteiger partial charge is 0.257 e. The fourth-order valence-electron chi connectivity index (χ4n) is 2.24. The predicted molar refractivity (Wildman–Crippen MR) is 73.3 cm³/mol. The van der Waals surface area contributed by atoms with Gasteiger partial charge in [0.15, 0.2) is 6.61 Å². The molecule has 1 amide bonds. The quantitative estimate of drug-likeness (QED) is 0.883. The highest BCUT2D eigenvalue weighted by atomic mass is 16.5. The highest BCUT2D eigenvalue weighted by Gasteiger charge is 2.16. The Morgan fingerprint density at radius 2 is 2.26 bits per heavy atom. The van der Waals surface area contributed by atoms with Crippen LogP contribution in [0.25, 0.3) is 0 Å². The number of hydrogen-bond acceptors (Lipinski definition) is 3. The summed E-state index contributed by atoms with van der Waals surface area (Å²) >= 11 is 0. The molecule has 1 aliphatic heterocycles. The van der Waals surface area contributed by atoms with Crippen LogP contribution in [-0.2, 0) is 16.0 Å². The molecule has 0 saturated carbocycles. The Bertz CT molecular complexity index is 414. The van der Waals surface area contributed by atoms with Gasteiger partial charge in [-0.1, -0.05) is 18.2 Å². The molecule has 0 radical (unpaired) electrons. The Morgan fingerprint density at radius 3 is 3.00 bits per heavy atom. The van der Waals surface area contributed by atoms with E-state index in [1.54, 1.807) is 7.05 Å². The van der Waals surface area contributed by atoms with Crippen LogP contribution >= 0.6 is 0 Å². The lowest BCUT2D eigenvalue weighted by atomic mass is 10.0. The summed E-state index contributed by atoms with van der Waals surface area (Å²) in [6.07, 6.45) is 4.61. The highest BCUT2D eigenvalue weighted by Crippen LogP contribution is 2.23. The van der Waals surface area contributed by atoms with Gasteiger partial charge in [-0.2, -0.15) is 0 Å². The number of benzene rings is 1. The maximum absolute atomic E-state index is 11.2. The van der Waals surface area contributed by atoms with Crippen LogP contribution in [0, 0.1) is 0 Å². The first-order valence-corrected chi connectivity index (χ1v) is 6.82. The van der Waals surface area contributed by atoms with Gasteiger partial charge in [0.25, 0.3) is 5.91 Å². The van der Waals surface area contributed by atoms with E-state index in [2.05, 4.69) is 5.32 Å². The lowest BCUT2D eigenvalue weighted by molar-refractivity contribution is -0.122. The SMILES string of the molecule is CNC(=O)COc1ccccc1C[C@H]1CCCCO1. The normalized spacial score (nSPS) is 18.9. The van der Waals surface area contributed by atoms with E-state index in [-0.39, 0.29) is 18.6 Å². The molecule has 4 heteroatoms. The van der Waals surface area contributed by atoms with E-state index < -0.39 is 0 Å². The average Bonchev–Trinajstić information content (AvgIpc) is 2.47. The van der Waals surface area contributed by atoms with Crippen LogP contribution < -0.4 is 10.1 Å². The number of para-hydroxylation sites is 1. The molecule has 1 atom stereocenters. The highest BCUT2D eigenvalue weighted by molar-refractivity contribution is 5.77. The zero-order chi connectivity index (χ0) is 13.5. The summed E-state index contributed by atoms with van der Waals surface area (Å²) in [5.74, 6) is 0.656. The third kappa shape index (κ3) is 4.24. The minimum Gasteiger partial charge on any atom is -0.483 e. The summed E-state index contributed by atoms with van der Waals surface area (Å²) in [6.45, 7) is 0.908. The van der Waals surface area contributed by atoms with Crippen molar-refractivity contribution in [2.75, 3.05) is 20.3 Å². The molecule has 0 aliphatic carbocycles. The summed E-state index contributed by atoms with van der Waals surface area (Å²) in [5.41, 5.74) is 1.11. The van der Waals surface area contributed by atoms with E-state index in [4.69, 9.17) is 9.47 Å². The molecular formula is C15H21NO3. The van der Waals surface area contributed by atoms with Gasteiger partial charge in [-0.3, -0.25) is 4.79 Å². The van der Waals surface area contributed by atoms with Crippen LogP contribution in [0.4, 0.5) is 0 Å². The number of likely N-dealkylation sites (N-methyl/N-ethyl adjacent to an activating group) is 1. The Kier molecular flexibility index (Phi) is 5.21. The summed E-state index contributed by atoms with van der Waals surface area (Å²) in [6, 6.07) is 7.85. The molecule has 0 bridgehead atoms. The number of ether oxygens (including phenoxy) is 2. The number of carbonyl (C=O) groups is 1. The van der Waals surface area contributed by atoms with Crippen LogP contribution in [0.3, 0.4) is 0 Å². The zero-order valence-corrected chi connectivity index (χ0v) is 11.4. The molecule has 2 rings (SSSR count). The summed E-state index contributed by atoms with van der Waals surface area (Å²) in [4.78, 5) is 11.2. The van der Waals surface area contributed by atoms with Crippen molar-refractivity contribution < 1.29 is 14.3 Å². The molecule has 0 spiro atoms. The van der Waals surface area contributed by atoms with Gasteiger partial charge in [-0.05, 0) is 30.9 Å². The standard InChI is InChI=1S/C15H21NO3/c1-16-15(17)11-19-14-8-3-2-6-12(14)10-13-7-4-5-9-18-13/h2-3,6,8,13H,4-5,7,9-11H2,1H3,(H,16,17)/t13-/m1/s1. The van der Waals surface area contributed by atoms with E-state index in [0.717, 1.165) is 37.2 Å². The monoisotopic (exact) mass is 263 g/mol. The van der Waals surface area contributed by atoms with Crippen LogP contribution in [0.2, 0.25) is 0 Å². The number of amides is 1. The minimum absolute atomic E-state index is 0.0546. The first-order valence-electron chi connectivity index (χ1n) is 6.82. The summed E-state index contributed by atoms with van der Waals surface area (Å²) in [7, 11) is 1.60. The Labute approximate surface area is 114 Å². The molecule has 0 unspecified atom stereocenters. The van der Waals surface area contributed by atoms with E-state index >= 15 is 0 Å². The van der Waals surface area contributed by atoms with Gasteiger partial charge in [0.1, 0.15) is 5.75 Å². The number of nitrogens with one attached hydrogen (secondary N) is 1. The van der Waals surface area contributed by atoms with Gasteiger partial charge in [-0.15, -0.1) is 0 Å². The van der Waals surface area contributed by atoms with Crippen molar-refractivity contribution in [2.45, 2.75) is 31.8 Å². The summed E-state index contributed by atoms with van der Waals surface area (Å²) in [5, 5.41) is 2.55. The van der Waals surface area contributed by atoms with E-state index in [0.29, 0.717) is 0 Å². The Hall–Kier alpha value is -1.55. The van der Waals surface area contributed by atoms with Gasteiger partial charge in [0.05, 0.1) is 6.10 Å². The molecule has 1 aromatic rings. The first kappa shape index (κ1) is 13.9. The third-order valence-corrected chi connectivity index (χ3v) is 3.33. The average molecular weight is 263 g/mol. The van der Waals surface area contributed by atoms with Crippen LogP contribution in [0.1, 0.15) is 24.8 Å². The van der Waals surface area contributed by atoms with Crippen LogP contribution in [-0.4, -0.2) is 32.3 Å². The number of rotatable bonds is 5. The van der Waals surface area contributed by atoms with Gasteiger partial charge < -0.3 is 14.8 Å². The molecule has 1 aromatic carbocycles. The van der Waals surface area contributed by atoms with Crippen molar-refractivity contribution in [2.24, 2.45) is 0 Å². The van der Waals surface area contributed by atoms with E-state index in [1.165, 1.54) is 6.42 Å². The van der Waals surface area contributed by atoms with Crippen molar-refractivity contribution >= 4 is 5.91 Å². The molecule has 1 saturated heterocycles. The molecule has 1 N–H and O–H groups in total. The second-order valence-electron chi connectivity index (χ2n) is 4.76. The number of hydrogen-bond donors (Lipinski definition) is 1. The molecule has 1 fully saturated rings. The molecule has 104 valence electrons. The van der Waals surface area contributed by atoms with Gasteiger partial charge in [0.2, 0.25) is 0 Å². The largest absolute Gasteiger partial charge is 0.483 e. The molecule has 4 nitrogen and oxygen atoms in total. The topological polar surface area (TPSA) is 47.6 Å². The lowest BCUT2D eigenvalue weighted by Crippen LogP contribution is -2.25. The molecule has 1 aliphatic rings. The Morgan fingerprint density at radius 1 is 1.42 bits per heavy atom. The molecule has 0 aromatic heterocycles. The molecule has 19 heavy (non-hydrogen) atoms. The van der Waals surface area contributed by atoms with Crippen molar-refractivity contribution in [1.82, 2.24) is 5.32 Å². The van der Waals surface area contributed by atoms with Crippen molar-refractivity contribution in [3.05, 3.63) is 29.8 Å². The maximum atomic E-state index is 11.2. The lowest BCUT2D eigenvalue weighted by Gasteiger charge is -2.23. The van der Waals surface area contributed by atoms with E-state index in [1.807, 2.05) is 24.3 Å². The van der Waals surface area contributed by atoms with Gasteiger partial charge >= 0.3 is 0 Å². The van der Waals surface area contributed by atoms with Crippen LogP contribution in [0.5, 0.6) is 5.75 Å². The van der Waals surface area contributed by atoms with Crippen molar-refractivity contribution in [3.8, 4) is 5.75 Å². The number of carbonyl (C=O) groups excluding carboxylic acids is 1. The van der Waals surface area contributed by atoms with E-state index in [9.17, 15) is 4.79 Å². The molecule has 1 heterocycles. The molecular weight excluding hydrogens is 242 g/mol. The van der Waals surface area contributed by atoms with Gasteiger partial charge in [-0.25, -0.2) is 0 Å².